The van der Waals surface area contributed by atoms with E-state index in [0.29, 0.717) is 29.0 Å². The summed E-state index contributed by atoms with van der Waals surface area (Å²) in [7, 11) is 1.61. The Morgan fingerprint density at radius 1 is 0.956 bits per heavy atom. The summed E-state index contributed by atoms with van der Waals surface area (Å²) in [5, 5.41) is 13.1. The van der Waals surface area contributed by atoms with Crippen molar-refractivity contribution in [2.45, 2.75) is 39.0 Å². The summed E-state index contributed by atoms with van der Waals surface area (Å²) < 4.78 is 5.38. The lowest BCUT2D eigenvalue weighted by atomic mass is 9.97. The fourth-order valence-corrected chi connectivity index (χ4v) is 6.03. The Labute approximate surface area is 265 Å². The number of ether oxygens (including phenoxy) is 1. The normalized spacial score (nSPS) is 13.6. The van der Waals surface area contributed by atoms with Crippen molar-refractivity contribution in [3.63, 3.8) is 0 Å². The van der Waals surface area contributed by atoms with Gasteiger partial charge < -0.3 is 25.8 Å². The van der Waals surface area contributed by atoms with Crippen molar-refractivity contribution >= 4 is 34.1 Å². The predicted molar refractivity (Wildman–Crippen MR) is 178 cm³/mol. The third-order valence-electron chi connectivity index (χ3n) is 8.45. The van der Waals surface area contributed by atoms with Crippen molar-refractivity contribution in [2.24, 2.45) is 5.73 Å². The molecule has 9 heteroatoms. The van der Waals surface area contributed by atoms with Gasteiger partial charge >= 0.3 is 0 Å². The molecule has 2 heterocycles. The molecule has 1 saturated heterocycles. The van der Waals surface area contributed by atoms with E-state index in [9.17, 15) is 9.59 Å². The van der Waals surface area contributed by atoms with E-state index in [1.54, 1.807) is 7.11 Å². The first kappa shape index (κ1) is 31.9. The van der Waals surface area contributed by atoms with E-state index in [4.69, 9.17) is 15.6 Å². The molecule has 1 aliphatic heterocycles. The van der Waals surface area contributed by atoms with E-state index in [1.165, 1.54) is 6.20 Å². The summed E-state index contributed by atoms with van der Waals surface area (Å²) in [6.45, 7) is 6.53. The number of primary amides is 1. The second kappa shape index (κ2) is 15.0. The van der Waals surface area contributed by atoms with Gasteiger partial charge in [0.1, 0.15) is 5.75 Å². The van der Waals surface area contributed by atoms with Gasteiger partial charge in [-0.2, -0.15) is 0 Å². The molecule has 1 aromatic heterocycles. The zero-order chi connectivity index (χ0) is 31.8. The zero-order valence-electron chi connectivity index (χ0n) is 26.2. The smallest absolute Gasteiger partial charge is 0.253 e. The average Bonchev–Trinajstić information content (AvgIpc) is 3.05. The monoisotopic (exact) mass is 609 g/mol. The molecule has 4 aromatic rings. The molecule has 9 nitrogen and oxygen atoms in total. The first-order valence-corrected chi connectivity index (χ1v) is 15.7. The lowest BCUT2D eigenvalue weighted by Crippen LogP contribution is -2.48. The number of nitrogens with zero attached hydrogens (tertiary/aromatic N) is 3. The van der Waals surface area contributed by atoms with E-state index in [1.807, 2.05) is 66.4 Å². The Kier molecular flexibility index (Phi) is 10.7. The molecule has 0 bridgehead atoms. The van der Waals surface area contributed by atoms with Gasteiger partial charge in [0.2, 0.25) is 0 Å². The Morgan fingerprint density at radius 2 is 1.73 bits per heavy atom. The van der Waals surface area contributed by atoms with Crippen LogP contribution in [0.4, 0.5) is 11.4 Å². The number of methoxy groups -OCH3 is 1. The van der Waals surface area contributed by atoms with Crippen molar-refractivity contribution < 1.29 is 19.4 Å². The van der Waals surface area contributed by atoms with Crippen LogP contribution in [0.2, 0.25) is 0 Å². The molecule has 5 rings (SSSR count). The number of nitrogens with one attached hydrogen (secondary N) is 1. The number of hydrogen-bond donors (Lipinski definition) is 3. The molecule has 0 radical (unpaired) electrons. The number of fused-ring (bicyclic) bond motifs is 1. The van der Waals surface area contributed by atoms with Gasteiger partial charge in [-0.05, 0) is 79.8 Å². The molecule has 3 aromatic carbocycles. The lowest BCUT2D eigenvalue weighted by molar-refractivity contribution is 0.0635. The third-order valence-corrected chi connectivity index (χ3v) is 8.45. The number of carbonyl (C=O) groups is 2. The first-order valence-electron chi connectivity index (χ1n) is 15.7. The molecule has 236 valence electrons. The molecule has 45 heavy (non-hydrogen) atoms. The van der Waals surface area contributed by atoms with Crippen LogP contribution in [0.25, 0.3) is 10.9 Å². The molecule has 2 amide bonds. The van der Waals surface area contributed by atoms with Crippen molar-refractivity contribution in [1.29, 1.82) is 0 Å². The molecule has 0 saturated carbocycles. The van der Waals surface area contributed by atoms with Crippen LogP contribution in [0.15, 0.2) is 66.9 Å². The van der Waals surface area contributed by atoms with Gasteiger partial charge in [-0.1, -0.05) is 37.1 Å². The number of hydrogen-bond acceptors (Lipinski definition) is 7. The van der Waals surface area contributed by atoms with Crippen LogP contribution in [0, 0.1) is 6.92 Å². The Morgan fingerprint density at radius 3 is 2.49 bits per heavy atom. The zero-order valence-corrected chi connectivity index (χ0v) is 26.2. The fourth-order valence-electron chi connectivity index (χ4n) is 6.03. The minimum Gasteiger partial charge on any atom is -0.497 e. The van der Waals surface area contributed by atoms with Gasteiger partial charge in [-0.25, -0.2) is 0 Å². The van der Waals surface area contributed by atoms with Gasteiger partial charge in [0.15, 0.2) is 0 Å². The van der Waals surface area contributed by atoms with Crippen LogP contribution in [-0.2, 0) is 6.42 Å². The van der Waals surface area contributed by atoms with E-state index in [-0.39, 0.29) is 12.5 Å². The molecule has 0 unspecified atom stereocenters. The maximum absolute atomic E-state index is 13.5. The number of carbonyl (C=O) groups excluding carboxylic acids is 2. The minimum atomic E-state index is -0.567. The number of aliphatic hydroxyl groups is 1. The maximum Gasteiger partial charge on any atom is 0.253 e. The number of pyridine rings is 1. The van der Waals surface area contributed by atoms with Gasteiger partial charge in [0.25, 0.3) is 11.8 Å². The average molecular weight is 610 g/mol. The fraction of sp³-hybridized carbons (Fsp3) is 0.361. The summed E-state index contributed by atoms with van der Waals surface area (Å²) in [5.41, 5.74) is 12.0. The van der Waals surface area contributed by atoms with Crippen molar-refractivity contribution in [1.82, 2.24) is 14.8 Å². The van der Waals surface area contributed by atoms with E-state index in [2.05, 4.69) is 21.3 Å². The second-order valence-corrected chi connectivity index (χ2v) is 11.7. The maximum atomic E-state index is 13.5. The predicted octanol–water partition coefficient (Wildman–Crippen LogP) is 5.30. The second-order valence-electron chi connectivity index (χ2n) is 11.7. The topological polar surface area (TPSA) is 121 Å². The van der Waals surface area contributed by atoms with Crippen LogP contribution in [-0.4, -0.2) is 78.1 Å². The number of aromatic nitrogens is 1. The number of benzene rings is 3. The SMILES string of the molecule is COc1cccc(Nc2c(C(N)=O)cnc3c(C)cc(Cc4cccc(C(=O)N5CCN(CCCCCCO)CC5)c4)cc23)c1. The third kappa shape index (κ3) is 7.98. The molecular weight excluding hydrogens is 566 g/mol. The van der Waals surface area contributed by atoms with E-state index < -0.39 is 5.91 Å². The minimum absolute atomic E-state index is 0.0641. The molecular formula is C36H43N5O4. The number of rotatable bonds is 13. The number of aliphatic hydroxyl groups excluding tert-OH is 1. The van der Waals surface area contributed by atoms with Crippen LogP contribution in [0.1, 0.15) is 63.1 Å². The summed E-state index contributed by atoms with van der Waals surface area (Å²) >= 11 is 0. The van der Waals surface area contributed by atoms with Crippen LogP contribution in [0.3, 0.4) is 0 Å². The molecule has 4 N–H and O–H groups in total. The number of nitrogens with two attached hydrogens (primary N) is 1. The number of piperazine rings is 1. The van der Waals surface area contributed by atoms with Gasteiger partial charge in [-0.15, -0.1) is 0 Å². The van der Waals surface area contributed by atoms with Crippen LogP contribution in [0.5, 0.6) is 5.75 Å². The Hall–Kier alpha value is -4.47. The van der Waals surface area contributed by atoms with Crippen molar-refractivity contribution in [2.75, 3.05) is 51.8 Å². The Bertz CT molecular complexity index is 1650. The van der Waals surface area contributed by atoms with Crippen molar-refractivity contribution in [3.8, 4) is 5.75 Å². The molecule has 0 spiro atoms. The largest absolute Gasteiger partial charge is 0.497 e. The highest BCUT2D eigenvalue weighted by molar-refractivity contribution is 6.08. The highest BCUT2D eigenvalue weighted by Crippen LogP contribution is 2.33. The van der Waals surface area contributed by atoms with Crippen LogP contribution >= 0.6 is 0 Å². The summed E-state index contributed by atoms with van der Waals surface area (Å²) in [6, 6.07) is 19.5. The number of anilines is 2. The van der Waals surface area contributed by atoms with E-state index >= 15 is 0 Å². The molecule has 1 fully saturated rings. The quantitative estimate of drug-likeness (QED) is 0.176. The highest BCUT2D eigenvalue weighted by Gasteiger charge is 2.22. The number of aryl methyl sites for hydroxylation is 1. The summed E-state index contributed by atoms with van der Waals surface area (Å²) in [6.07, 6.45) is 6.33. The summed E-state index contributed by atoms with van der Waals surface area (Å²) in [5.74, 6) is 0.189. The Balaban J connectivity index is 1.33. The lowest BCUT2D eigenvalue weighted by Gasteiger charge is -2.34. The van der Waals surface area contributed by atoms with Crippen LogP contribution < -0.4 is 15.8 Å². The standard InChI is InChI=1S/C36H43N5O4/c1-25-19-27(22-31-33(25)38-24-32(35(37)43)34(31)39-29-11-8-12-30(23-29)45-2)20-26-9-7-10-28(21-26)36(44)41-16-14-40(15-17-41)13-5-3-4-6-18-42/h7-12,19,21-24,42H,3-6,13-18,20H2,1-2H3,(H2,37,43)(H,38,39). The highest BCUT2D eigenvalue weighted by atomic mass is 16.5. The number of unbranched alkanes of at least 4 members (excludes halogenated alkanes) is 3. The summed E-state index contributed by atoms with van der Waals surface area (Å²) in [4.78, 5) is 34.9. The van der Waals surface area contributed by atoms with Gasteiger partial charge in [-0.3, -0.25) is 19.5 Å². The van der Waals surface area contributed by atoms with Crippen molar-refractivity contribution in [3.05, 3.63) is 94.7 Å². The number of amides is 2. The molecule has 0 aliphatic carbocycles. The van der Waals surface area contributed by atoms with E-state index in [0.717, 1.165) is 91.7 Å². The first-order chi connectivity index (χ1) is 21.9. The van der Waals surface area contributed by atoms with Gasteiger partial charge in [0, 0.05) is 61.7 Å². The van der Waals surface area contributed by atoms with Gasteiger partial charge in [0.05, 0.1) is 23.9 Å². The molecule has 0 atom stereocenters. The molecule has 1 aliphatic rings.